The minimum atomic E-state index is -1.10. The van der Waals surface area contributed by atoms with E-state index in [1.165, 1.54) is 6.07 Å². The minimum absolute atomic E-state index is 0.0356. The molecule has 1 fully saturated rings. The van der Waals surface area contributed by atoms with Crippen LogP contribution in [-0.4, -0.2) is 48.7 Å². The van der Waals surface area contributed by atoms with Crippen LogP contribution in [0.15, 0.2) is 34.7 Å². The van der Waals surface area contributed by atoms with Crippen molar-refractivity contribution in [2.45, 2.75) is 19.4 Å². The number of methoxy groups -OCH3 is 1. The molecule has 7 nitrogen and oxygen atoms in total. The first kappa shape index (κ1) is 18.0. The number of furan rings is 1. The maximum atomic E-state index is 12.8. The summed E-state index contributed by atoms with van der Waals surface area (Å²) in [6, 6.07) is 8.82. The van der Waals surface area contributed by atoms with Gasteiger partial charge in [0.2, 0.25) is 0 Å². The van der Waals surface area contributed by atoms with Crippen LogP contribution in [0, 0.1) is 0 Å². The summed E-state index contributed by atoms with van der Waals surface area (Å²) in [4.78, 5) is 25.7. The summed E-state index contributed by atoms with van der Waals surface area (Å²) in [5.41, 5.74) is 0.954. The van der Waals surface area contributed by atoms with Gasteiger partial charge in [0.05, 0.1) is 20.3 Å². The van der Waals surface area contributed by atoms with E-state index in [4.69, 9.17) is 13.9 Å². The predicted molar refractivity (Wildman–Crippen MR) is 92.6 cm³/mol. The van der Waals surface area contributed by atoms with Gasteiger partial charge in [0.1, 0.15) is 23.2 Å². The number of carbonyl (C=O) groups is 2. The Morgan fingerprint density at radius 3 is 2.81 bits per heavy atom. The molecule has 3 rings (SSSR count). The first-order valence-electron chi connectivity index (χ1n) is 8.44. The average Bonchev–Trinajstić information content (AvgIpc) is 3.12. The SMILES string of the molecule is CCc1oc(C(=O)N2CCOC(c3cccc(OC)c3)C2)cc1C(=O)O. The van der Waals surface area contributed by atoms with Crippen LogP contribution in [0.25, 0.3) is 0 Å². The Morgan fingerprint density at radius 2 is 2.15 bits per heavy atom. The standard InChI is InChI=1S/C19H21NO6/c1-3-15-14(19(22)23)10-16(26-15)18(21)20-7-8-25-17(11-20)12-5-4-6-13(9-12)24-2/h4-6,9-10,17H,3,7-8,11H2,1-2H3,(H,22,23). The molecule has 138 valence electrons. The van der Waals surface area contributed by atoms with E-state index < -0.39 is 5.97 Å². The van der Waals surface area contributed by atoms with Crippen LogP contribution in [0.3, 0.4) is 0 Å². The van der Waals surface area contributed by atoms with Gasteiger partial charge >= 0.3 is 5.97 Å². The fourth-order valence-corrected chi connectivity index (χ4v) is 3.01. The predicted octanol–water partition coefficient (Wildman–Crippen LogP) is 2.76. The van der Waals surface area contributed by atoms with Crippen LogP contribution in [0.1, 0.15) is 45.3 Å². The van der Waals surface area contributed by atoms with Crippen molar-refractivity contribution in [1.29, 1.82) is 0 Å². The molecule has 7 heteroatoms. The summed E-state index contributed by atoms with van der Waals surface area (Å²) in [6.45, 7) is 2.95. The van der Waals surface area contributed by atoms with Crippen molar-refractivity contribution >= 4 is 11.9 Å². The van der Waals surface area contributed by atoms with Crippen molar-refractivity contribution in [2.75, 3.05) is 26.8 Å². The van der Waals surface area contributed by atoms with Crippen molar-refractivity contribution in [3.63, 3.8) is 0 Å². The number of morpholine rings is 1. The molecule has 0 spiro atoms. The number of carboxylic acid groups (broad SMARTS) is 1. The zero-order valence-electron chi connectivity index (χ0n) is 14.7. The summed E-state index contributed by atoms with van der Waals surface area (Å²) in [5, 5.41) is 9.23. The smallest absolute Gasteiger partial charge is 0.339 e. The third kappa shape index (κ3) is 3.57. The van der Waals surface area contributed by atoms with Crippen LogP contribution in [0.4, 0.5) is 0 Å². The highest BCUT2D eigenvalue weighted by molar-refractivity contribution is 5.96. The van der Waals surface area contributed by atoms with Gasteiger partial charge in [-0.3, -0.25) is 4.79 Å². The molecule has 1 atom stereocenters. The highest BCUT2D eigenvalue weighted by atomic mass is 16.5. The summed E-state index contributed by atoms with van der Waals surface area (Å²) >= 11 is 0. The number of aryl methyl sites for hydroxylation is 1. The first-order valence-corrected chi connectivity index (χ1v) is 8.44. The fraction of sp³-hybridized carbons (Fsp3) is 0.368. The van der Waals surface area contributed by atoms with Gasteiger partial charge in [0.15, 0.2) is 5.76 Å². The lowest BCUT2D eigenvalue weighted by molar-refractivity contribution is -0.0238. The van der Waals surface area contributed by atoms with Crippen molar-refractivity contribution in [3.8, 4) is 5.75 Å². The second-order valence-corrected chi connectivity index (χ2v) is 5.99. The Kier molecular flexibility index (Phi) is 5.27. The van der Waals surface area contributed by atoms with Gasteiger partial charge < -0.3 is 23.9 Å². The van der Waals surface area contributed by atoms with Gasteiger partial charge in [-0.25, -0.2) is 4.79 Å². The molecule has 1 amide bonds. The number of amides is 1. The number of nitrogens with zero attached hydrogens (tertiary/aromatic N) is 1. The van der Waals surface area contributed by atoms with Crippen LogP contribution >= 0.6 is 0 Å². The lowest BCUT2D eigenvalue weighted by atomic mass is 10.1. The van der Waals surface area contributed by atoms with Gasteiger partial charge in [-0.05, 0) is 17.7 Å². The third-order valence-electron chi connectivity index (χ3n) is 4.39. The molecule has 1 aliphatic heterocycles. The quantitative estimate of drug-likeness (QED) is 0.883. The normalized spacial score (nSPS) is 17.2. The van der Waals surface area contributed by atoms with Crippen LogP contribution in [-0.2, 0) is 11.2 Å². The molecule has 2 heterocycles. The van der Waals surface area contributed by atoms with Crippen molar-refractivity contribution in [2.24, 2.45) is 0 Å². The summed E-state index contributed by atoms with van der Waals surface area (Å²) < 4.78 is 16.5. The molecule has 1 saturated heterocycles. The topological polar surface area (TPSA) is 89.2 Å². The molecule has 1 aromatic heterocycles. The average molecular weight is 359 g/mol. The lowest BCUT2D eigenvalue weighted by Gasteiger charge is -2.32. The number of carboxylic acids is 1. The number of hydrogen-bond acceptors (Lipinski definition) is 5. The molecular weight excluding hydrogens is 338 g/mol. The molecule has 0 radical (unpaired) electrons. The molecule has 0 saturated carbocycles. The second-order valence-electron chi connectivity index (χ2n) is 5.99. The van der Waals surface area contributed by atoms with E-state index in [0.717, 1.165) is 11.3 Å². The summed E-state index contributed by atoms with van der Waals surface area (Å²) in [6.07, 6.45) is 0.132. The van der Waals surface area contributed by atoms with E-state index in [-0.39, 0.29) is 23.3 Å². The van der Waals surface area contributed by atoms with E-state index in [1.807, 2.05) is 24.3 Å². The lowest BCUT2D eigenvalue weighted by Crippen LogP contribution is -2.42. The van der Waals surface area contributed by atoms with E-state index >= 15 is 0 Å². The van der Waals surface area contributed by atoms with Gasteiger partial charge in [-0.1, -0.05) is 19.1 Å². The Morgan fingerprint density at radius 1 is 1.35 bits per heavy atom. The number of ether oxygens (including phenoxy) is 2. The molecule has 26 heavy (non-hydrogen) atoms. The Labute approximate surface area is 151 Å². The Bertz CT molecular complexity index is 812. The van der Waals surface area contributed by atoms with Crippen LogP contribution in [0.2, 0.25) is 0 Å². The maximum Gasteiger partial charge on any atom is 0.339 e. The zero-order chi connectivity index (χ0) is 18.7. The maximum absolute atomic E-state index is 12.8. The Hall–Kier alpha value is -2.80. The zero-order valence-corrected chi connectivity index (χ0v) is 14.7. The molecule has 1 unspecified atom stereocenters. The molecule has 0 aliphatic carbocycles. The summed E-state index contributed by atoms with van der Waals surface area (Å²) in [7, 11) is 1.60. The first-order chi connectivity index (χ1) is 12.5. The highest BCUT2D eigenvalue weighted by Crippen LogP contribution is 2.27. The number of carbonyl (C=O) groups excluding carboxylic acids is 1. The molecule has 0 bridgehead atoms. The van der Waals surface area contributed by atoms with E-state index in [9.17, 15) is 14.7 Å². The van der Waals surface area contributed by atoms with Gasteiger partial charge in [0, 0.05) is 19.0 Å². The Balaban J connectivity index is 1.78. The molecule has 2 aromatic rings. The van der Waals surface area contributed by atoms with Crippen molar-refractivity contribution in [1.82, 2.24) is 4.90 Å². The second kappa shape index (κ2) is 7.61. The minimum Gasteiger partial charge on any atom is -0.497 e. The van der Waals surface area contributed by atoms with E-state index in [1.54, 1.807) is 18.9 Å². The molecular formula is C19H21NO6. The van der Waals surface area contributed by atoms with Gasteiger partial charge in [0.25, 0.3) is 5.91 Å². The van der Waals surface area contributed by atoms with Crippen LogP contribution in [0.5, 0.6) is 5.75 Å². The molecule has 1 aromatic carbocycles. The van der Waals surface area contributed by atoms with E-state index in [2.05, 4.69) is 0 Å². The van der Waals surface area contributed by atoms with Crippen LogP contribution < -0.4 is 4.74 Å². The number of rotatable bonds is 5. The third-order valence-corrected chi connectivity index (χ3v) is 4.39. The van der Waals surface area contributed by atoms with Crippen molar-refractivity contribution < 1.29 is 28.6 Å². The fourth-order valence-electron chi connectivity index (χ4n) is 3.01. The summed E-state index contributed by atoms with van der Waals surface area (Å²) in [5.74, 6) is -0.354. The highest BCUT2D eigenvalue weighted by Gasteiger charge is 2.29. The number of benzene rings is 1. The van der Waals surface area contributed by atoms with Gasteiger partial charge in [-0.15, -0.1) is 0 Å². The van der Waals surface area contributed by atoms with Crippen molar-refractivity contribution in [3.05, 3.63) is 53.0 Å². The molecule has 1 aliphatic rings. The monoisotopic (exact) mass is 359 g/mol. The largest absolute Gasteiger partial charge is 0.497 e. The number of aromatic carboxylic acids is 1. The van der Waals surface area contributed by atoms with E-state index in [0.29, 0.717) is 31.9 Å². The molecule has 1 N–H and O–H groups in total. The number of hydrogen-bond donors (Lipinski definition) is 1. The van der Waals surface area contributed by atoms with Gasteiger partial charge in [-0.2, -0.15) is 0 Å².